The van der Waals surface area contributed by atoms with Gasteiger partial charge in [0.25, 0.3) is 0 Å². The number of aromatic hydroxyl groups is 1. The van der Waals surface area contributed by atoms with Gasteiger partial charge >= 0.3 is 0 Å². The van der Waals surface area contributed by atoms with Gasteiger partial charge in [0.1, 0.15) is 11.9 Å². The van der Waals surface area contributed by atoms with E-state index in [4.69, 9.17) is 27.9 Å². The molecule has 2 heterocycles. The number of hydrogen-bond acceptors (Lipinski definition) is 4. The van der Waals surface area contributed by atoms with Crippen LogP contribution in [0, 0.1) is 0 Å². The molecule has 6 heteroatoms. The van der Waals surface area contributed by atoms with Crippen LogP contribution in [0.4, 0.5) is 5.69 Å². The summed E-state index contributed by atoms with van der Waals surface area (Å²) in [5.41, 5.74) is 1.81. The van der Waals surface area contributed by atoms with Crippen molar-refractivity contribution in [1.82, 2.24) is 4.98 Å². The normalized spacial score (nSPS) is 15.4. The highest BCUT2D eigenvalue weighted by atomic mass is 35.5. The van der Waals surface area contributed by atoms with Gasteiger partial charge in [0, 0.05) is 47.4 Å². The average molecular weight is 389 g/mol. The maximum atomic E-state index is 9.95. The predicted octanol–water partition coefficient (Wildman–Crippen LogP) is 5.30. The summed E-state index contributed by atoms with van der Waals surface area (Å²) in [6.45, 7) is 1.68. The second kappa shape index (κ2) is 7.22. The molecule has 3 aromatic rings. The largest absolute Gasteiger partial charge is 0.493 e. The van der Waals surface area contributed by atoms with Gasteiger partial charge in [-0.25, -0.2) is 4.98 Å². The van der Waals surface area contributed by atoms with Crippen molar-refractivity contribution in [3.63, 3.8) is 0 Å². The van der Waals surface area contributed by atoms with Gasteiger partial charge in [-0.15, -0.1) is 0 Å². The molecule has 0 aliphatic carbocycles. The van der Waals surface area contributed by atoms with E-state index in [0.717, 1.165) is 42.5 Å². The van der Waals surface area contributed by atoms with Gasteiger partial charge in [-0.1, -0.05) is 41.4 Å². The number of hydrogen-bond donors (Lipinski definition) is 1. The fraction of sp³-hybridized carbons (Fsp3) is 0.250. The number of nitrogens with zero attached hydrogens (tertiary/aromatic N) is 2. The van der Waals surface area contributed by atoms with E-state index in [-0.39, 0.29) is 12.0 Å². The highest BCUT2D eigenvalue weighted by Gasteiger charge is 2.23. The Bertz CT molecular complexity index is 920. The van der Waals surface area contributed by atoms with Crippen molar-refractivity contribution in [1.29, 1.82) is 0 Å². The number of piperidine rings is 1. The lowest BCUT2D eigenvalue weighted by atomic mass is 10.1. The third-order valence-corrected chi connectivity index (χ3v) is 5.04. The molecule has 1 N–H and O–H groups in total. The minimum Gasteiger partial charge on any atom is -0.493 e. The van der Waals surface area contributed by atoms with Crippen molar-refractivity contribution in [2.75, 3.05) is 18.0 Å². The number of ether oxygens (including phenoxy) is 1. The maximum absolute atomic E-state index is 9.95. The Hall–Kier alpha value is -2.17. The third-order valence-electron chi connectivity index (χ3n) is 4.60. The summed E-state index contributed by atoms with van der Waals surface area (Å²) in [6.07, 6.45) is 1.87. The molecule has 0 bridgehead atoms. The quantitative estimate of drug-likeness (QED) is 0.661. The van der Waals surface area contributed by atoms with E-state index in [0.29, 0.717) is 15.8 Å². The van der Waals surface area contributed by atoms with Crippen LogP contribution in [0.5, 0.6) is 11.6 Å². The van der Waals surface area contributed by atoms with Crippen molar-refractivity contribution in [2.45, 2.75) is 18.9 Å². The molecule has 0 radical (unpaired) electrons. The van der Waals surface area contributed by atoms with Gasteiger partial charge in [-0.3, -0.25) is 0 Å². The molecule has 0 atom stereocenters. The Morgan fingerprint density at radius 1 is 1.00 bits per heavy atom. The molecule has 4 nitrogen and oxygen atoms in total. The van der Waals surface area contributed by atoms with Crippen LogP contribution in [0.15, 0.2) is 48.5 Å². The van der Waals surface area contributed by atoms with Crippen molar-refractivity contribution < 1.29 is 9.84 Å². The second-order valence-electron chi connectivity index (χ2n) is 6.43. The molecule has 1 aliphatic heterocycles. The van der Waals surface area contributed by atoms with Crippen LogP contribution in [0.1, 0.15) is 12.8 Å². The molecule has 1 fully saturated rings. The Morgan fingerprint density at radius 3 is 2.42 bits per heavy atom. The summed E-state index contributed by atoms with van der Waals surface area (Å²) >= 11 is 12.1. The van der Waals surface area contributed by atoms with Crippen molar-refractivity contribution in [3.8, 4) is 11.6 Å². The number of fused-ring (bicyclic) bond motifs is 1. The lowest BCUT2D eigenvalue weighted by molar-refractivity contribution is 0.171. The first-order valence-corrected chi connectivity index (χ1v) is 9.30. The Morgan fingerprint density at radius 2 is 1.69 bits per heavy atom. The fourth-order valence-corrected chi connectivity index (χ4v) is 3.91. The lowest BCUT2D eigenvalue weighted by Gasteiger charge is -2.34. The minimum atomic E-state index is 0.0469. The van der Waals surface area contributed by atoms with Gasteiger partial charge < -0.3 is 14.7 Å². The predicted molar refractivity (Wildman–Crippen MR) is 106 cm³/mol. The van der Waals surface area contributed by atoms with Crippen molar-refractivity contribution >= 4 is 39.8 Å². The second-order valence-corrected chi connectivity index (χ2v) is 7.30. The first kappa shape index (κ1) is 17.3. The zero-order chi connectivity index (χ0) is 18.1. The summed E-state index contributed by atoms with van der Waals surface area (Å²) in [7, 11) is 0. The number of anilines is 1. The van der Waals surface area contributed by atoms with Crippen LogP contribution in [0.3, 0.4) is 0 Å². The first-order chi connectivity index (χ1) is 12.6. The van der Waals surface area contributed by atoms with Gasteiger partial charge in [0.15, 0.2) is 0 Å². The molecular weight excluding hydrogens is 371 g/mol. The highest BCUT2D eigenvalue weighted by Crippen LogP contribution is 2.32. The molecule has 1 aliphatic rings. The number of rotatable bonds is 3. The van der Waals surface area contributed by atoms with Crippen LogP contribution in [-0.4, -0.2) is 29.3 Å². The molecule has 1 aromatic heterocycles. The van der Waals surface area contributed by atoms with Gasteiger partial charge in [0.05, 0.1) is 11.2 Å². The van der Waals surface area contributed by atoms with E-state index in [1.807, 2.05) is 24.3 Å². The Labute approximate surface area is 161 Å². The van der Waals surface area contributed by atoms with Crippen LogP contribution >= 0.6 is 23.2 Å². The summed E-state index contributed by atoms with van der Waals surface area (Å²) in [4.78, 5) is 6.47. The summed E-state index contributed by atoms with van der Waals surface area (Å²) < 4.78 is 6.06. The topological polar surface area (TPSA) is 45.6 Å². The van der Waals surface area contributed by atoms with E-state index >= 15 is 0 Å². The van der Waals surface area contributed by atoms with Gasteiger partial charge in [-0.05, 0) is 24.3 Å². The molecule has 0 saturated carbocycles. The first-order valence-electron chi connectivity index (χ1n) is 8.55. The average Bonchev–Trinajstić information content (AvgIpc) is 2.61. The summed E-state index contributed by atoms with van der Waals surface area (Å²) in [6, 6.07) is 14.9. The number of benzene rings is 2. The van der Waals surface area contributed by atoms with Crippen molar-refractivity contribution in [3.05, 3.63) is 58.6 Å². The molecule has 0 amide bonds. The number of aromatic nitrogens is 1. The Balaban J connectivity index is 1.49. The SMILES string of the molecule is Oc1cc(N2CCC(Oc3cc(Cl)cc(Cl)c3)CC2)c2ccccc2n1. The summed E-state index contributed by atoms with van der Waals surface area (Å²) in [5.74, 6) is 0.749. The fourth-order valence-electron chi connectivity index (χ4n) is 3.41. The van der Waals surface area contributed by atoms with E-state index in [2.05, 4.69) is 9.88 Å². The third kappa shape index (κ3) is 3.67. The van der Waals surface area contributed by atoms with Crippen LogP contribution < -0.4 is 9.64 Å². The number of para-hydroxylation sites is 1. The van der Waals surface area contributed by atoms with Crippen LogP contribution in [-0.2, 0) is 0 Å². The molecule has 0 spiro atoms. The molecular formula is C20H18Cl2N2O2. The van der Waals surface area contributed by atoms with E-state index in [1.165, 1.54) is 0 Å². The number of pyridine rings is 1. The molecule has 26 heavy (non-hydrogen) atoms. The monoisotopic (exact) mass is 388 g/mol. The molecule has 0 unspecified atom stereocenters. The molecule has 1 saturated heterocycles. The Kier molecular flexibility index (Phi) is 4.79. The van der Waals surface area contributed by atoms with E-state index in [1.54, 1.807) is 24.3 Å². The van der Waals surface area contributed by atoms with Gasteiger partial charge in [-0.2, -0.15) is 0 Å². The smallest absolute Gasteiger partial charge is 0.213 e. The zero-order valence-corrected chi connectivity index (χ0v) is 15.5. The minimum absolute atomic E-state index is 0.0469. The lowest BCUT2D eigenvalue weighted by Crippen LogP contribution is -2.38. The number of halogens is 2. The zero-order valence-electron chi connectivity index (χ0n) is 14.0. The molecule has 4 rings (SSSR count). The van der Waals surface area contributed by atoms with Crippen LogP contribution in [0.25, 0.3) is 10.9 Å². The van der Waals surface area contributed by atoms with E-state index in [9.17, 15) is 5.11 Å². The highest BCUT2D eigenvalue weighted by molar-refractivity contribution is 6.34. The van der Waals surface area contributed by atoms with Gasteiger partial charge in [0.2, 0.25) is 5.88 Å². The van der Waals surface area contributed by atoms with Crippen LogP contribution in [0.2, 0.25) is 10.0 Å². The standard InChI is InChI=1S/C20H18Cl2N2O2/c21-13-9-14(22)11-16(10-13)26-15-5-7-24(8-6-15)19-12-20(25)23-18-4-2-1-3-17(18)19/h1-4,9-12,15H,5-8H2,(H,23,25). The molecule has 2 aromatic carbocycles. The molecule has 134 valence electrons. The van der Waals surface area contributed by atoms with E-state index < -0.39 is 0 Å². The maximum Gasteiger partial charge on any atom is 0.213 e. The summed E-state index contributed by atoms with van der Waals surface area (Å²) in [5, 5.41) is 12.1. The van der Waals surface area contributed by atoms with Crippen molar-refractivity contribution in [2.24, 2.45) is 0 Å².